The molecule has 2 N–H and O–H groups in total. The van der Waals surface area contributed by atoms with E-state index in [-0.39, 0.29) is 6.04 Å². The van der Waals surface area contributed by atoms with E-state index < -0.39 is 0 Å². The molecular weight excluding hydrogens is 392 g/mol. The van der Waals surface area contributed by atoms with E-state index >= 15 is 0 Å². The molecule has 0 aliphatic carbocycles. The highest BCUT2D eigenvalue weighted by molar-refractivity contribution is 5.79. The zero-order chi connectivity index (χ0) is 21.7. The van der Waals surface area contributed by atoms with Crippen LogP contribution in [0.15, 0.2) is 29.3 Å². The Kier molecular flexibility index (Phi) is 10.6. The maximum absolute atomic E-state index is 5.76. The molecule has 2 aliphatic heterocycles. The third kappa shape index (κ3) is 8.41. The Balaban J connectivity index is 1.49. The number of hydrogen-bond donors (Lipinski definition) is 2. The van der Waals surface area contributed by atoms with Gasteiger partial charge in [-0.2, -0.15) is 0 Å². The fourth-order valence-corrected chi connectivity index (χ4v) is 4.00. The van der Waals surface area contributed by atoms with Crippen LogP contribution in [0.5, 0.6) is 0 Å². The van der Waals surface area contributed by atoms with Gasteiger partial charge in [0.25, 0.3) is 0 Å². The number of rotatable bonds is 11. The smallest absolute Gasteiger partial charge is 0.191 e. The summed E-state index contributed by atoms with van der Waals surface area (Å²) in [6.45, 7) is 12.4. The summed E-state index contributed by atoms with van der Waals surface area (Å²) >= 11 is 0. The average Bonchev–Trinajstić information content (AvgIpc) is 3.31. The molecular formula is C24H40N4O3. The van der Waals surface area contributed by atoms with Crippen molar-refractivity contribution < 1.29 is 14.2 Å². The third-order valence-corrected chi connectivity index (χ3v) is 5.80. The zero-order valence-corrected chi connectivity index (χ0v) is 19.3. The third-order valence-electron chi connectivity index (χ3n) is 5.80. The molecule has 3 rings (SSSR count). The van der Waals surface area contributed by atoms with Gasteiger partial charge in [-0.3, -0.25) is 9.89 Å². The molecule has 0 saturated carbocycles. The quantitative estimate of drug-likeness (QED) is 0.318. The van der Waals surface area contributed by atoms with Crippen LogP contribution < -0.4 is 10.6 Å². The number of morpholine rings is 1. The summed E-state index contributed by atoms with van der Waals surface area (Å²) in [5.41, 5.74) is 2.60. The summed E-state index contributed by atoms with van der Waals surface area (Å²) in [5.74, 6) is 0.868. The molecule has 0 radical (unpaired) electrons. The van der Waals surface area contributed by atoms with Gasteiger partial charge in [-0.05, 0) is 38.7 Å². The van der Waals surface area contributed by atoms with Gasteiger partial charge >= 0.3 is 0 Å². The van der Waals surface area contributed by atoms with Crippen molar-refractivity contribution in [2.45, 2.75) is 45.3 Å². The highest BCUT2D eigenvalue weighted by atomic mass is 16.5. The lowest BCUT2D eigenvalue weighted by molar-refractivity contribution is 0.0168. The van der Waals surface area contributed by atoms with Gasteiger partial charge in [-0.1, -0.05) is 29.8 Å². The van der Waals surface area contributed by atoms with Crippen LogP contribution in [0.1, 0.15) is 43.4 Å². The molecule has 31 heavy (non-hydrogen) atoms. The molecule has 2 atom stereocenters. The van der Waals surface area contributed by atoms with Crippen LogP contribution in [0.2, 0.25) is 0 Å². The summed E-state index contributed by atoms with van der Waals surface area (Å²) in [4.78, 5) is 7.41. The van der Waals surface area contributed by atoms with Crippen molar-refractivity contribution in [3.8, 4) is 0 Å². The first-order chi connectivity index (χ1) is 15.3. The Bertz CT molecular complexity index is 641. The van der Waals surface area contributed by atoms with Gasteiger partial charge in [0.15, 0.2) is 5.96 Å². The molecule has 0 amide bonds. The summed E-state index contributed by atoms with van der Waals surface area (Å²) in [6.07, 6.45) is 3.53. The number of aliphatic imine (C=N–C) groups is 1. The lowest BCUT2D eigenvalue weighted by Crippen LogP contribution is -2.42. The molecule has 2 saturated heterocycles. The minimum atomic E-state index is 0.259. The largest absolute Gasteiger partial charge is 0.379 e. The molecule has 2 unspecified atom stereocenters. The first kappa shape index (κ1) is 24.0. The second-order valence-corrected chi connectivity index (χ2v) is 8.28. The first-order valence-electron chi connectivity index (χ1n) is 11.9. The van der Waals surface area contributed by atoms with Gasteiger partial charge < -0.3 is 24.8 Å². The predicted octanol–water partition coefficient (Wildman–Crippen LogP) is 2.51. The minimum absolute atomic E-state index is 0.259. The summed E-state index contributed by atoms with van der Waals surface area (Å²) in [5, 5.41) is 6.82. The van der Waals surface area contributed by atoms with Crippen molar-refractivity contribution in [1.29, 1.82) is 0 Å². The van der Waals surface area contributed by atoms with Crippen LogP contribution in [-0.4, -0.2) is 82.7 Å². The molecule has 2 heterocycles. The molecule has 7 nitrogen and oxygen atoms in total. The van der Waals surface area contributed by atoms with E-state index in [9.17, 15) is 0 Å². The highest BCUT2D eigenvalue weighted by Crippen LogP contribution is 2.23. The number of benzene rings is 1. The number of hydrogen-bond acceptors (Lipinski definition) is 5. The van der Waals surface area contributed by atoms with E-state index in [0.717, 1.165) is 77.8 Å². The van der Waals surface area contributed by atoms with Crippen molar-refractivity contribution in [1.82, 2.24) is 15.5 Å². The van der Waals surface area contributed by atoms with Crippen LogP contribution in [0, 0.1) is 6.92 Å². The van der Waals surface area contributed by atoms with Gasteiger partial charge in [0.2, 0.25) is 0 Å². The van der Waals surface area contributed by atoms with Crippen LogP contribution in [0.3, 0.4) is 0 Å². The molecule has 1 aromatic rings. The van der Waals surface area contributed by atoms with Crippen molar-refractivity contribution in [3.63, 3.8) is 0 Å². The van der Waals surface area contributed by atoms with Gasteiger partial charge in [0.05, 0.1) is 38.5 Å². The van der Waals surface area contributed by atoms with E-state index in [1.54, 1.807) is 0 Å². The minimum Gasteiger partial charge on any atom is -0.379 e. The Morgan fingerprint density at radius 3 is 2.71 bits per heavy atom. The molecule has 0 aromatic heterocycles. The van der Waals surface area contributed by atoms with Crippen LogP contribution in [0.4, 0.5) is 0 Å². The standard InChI is InChI=1S/C24H40N4O3/c1-3-25-24(26-11-5-14-30-19-22-6-4-15-31-22)27-18-23(28-12-16-29-17-13-28)21-9-7-20(2)8-10-21/h7-10,22-23H,3-6,11-19H2,1-2H3,(H2,25,26,27). The monoisotopic (exact) mass is 432 g/mol. The first-order valence-corrected chi connectivity index (χ1v) is 11.9. The maximum atomic E-state index is 5.76. The lowest BCUT2D eigenvalue weighted by Gasteiger charge is -2.34. The van der Waals surface area contributed by atoms with Gasteiger partial charge in [-0.15, -0.1) is 0 Å². The number of ether oxygens (including phenoxy) is 3. The number of guanidine groups is 1. The van der Waals surface area contributed by atoms with E-state index in [1.807, 2.05) is 0 Å². The summed E-state index contributed by atoms with van der Waals surface area (Å²) in [7, 11) is 0. The number of nitrogens with zero attached hydrogens (tertiary/aromatic N) is 2. The Morgan fingerprint density at radius 2 is 2.00 bits per heavy atom. The summed E-state index contributed by atoms with van der Waals surface area (Å²) in [6, 6.07) is 9.10. The SMILES string of the molecule is CCNC(=NCC(c1ccc(C)cc1)N1CCOCC1)NCCCOCC1CCCO1. The van der Waals surface area contributed by atoms with Crippen molar-refractivity contribution in [3.05, 3.63) is 35.4 Å². The number of aryl methyl sites for hydroxylation is 1. The second kappa shape index (κ2) is 13.7. The molecule has 174 valence electrons. The number of nitrogens with one attached hydrogen (secondary N) is 2. The van der Waals surface area contributed by atoms with E-state index in [2.05, 4.69) is 53.6 Å². The van der Waals surface area contributed by atoms with E-state index in [0.29, 0.717) is 19.3 Å². The second-order valence-electron chi connectivity index (χ2n) is 8.28. The van der Waals surface area contributed by atoms with Crippen molar-refractivity contribution in [2.75, 3.05) is 65.8 Å². The fourth-order valence-electron chi connectivity index (χ4n) is 4.00. The normalized spacial score (nSPS) is 21.2. The van der Waals surface area contributed by atoms with Crippen LogP contribution in [0.25, 0.3) is 0 Å². The molecule has 0 spiro atoms. The topological polar surface area (TPSA) is 67.4 Å². The van der Waals surface area contributed by atoms with Crippen molar-refractivity contribution in [2.24, 2.45) is 4.99 Å². The van der Waals surface area contributed by atoms with Gasteiger partial charge in [-0.25, -0.2) is 0 Å². The Morgan fingerprint density at radius 1 is 1.19 bits per heavy atom. The maximum Gasteiger partial charge on any atom is 0.191 e. The van der Waals surface area contributed by atoms with Gasteiger partial charge in [0, 0.05) is 39.4 Å². The lowest BCUT2D eigenvalue weighted by atomic mass is 10.0. The highest BCUT2D eigenvalue weighted by Gasteiger charge is 2.22. The molecule has 1 aromatic carbocycles. The van der Waals surface area contributed by atoms with E-state index in [4.69, 9.17) is 19.2 Å². The average molecular weight is 433 g/mol. The fraction of sp³-hybridized carbons (Fsp3) is 0.708. The van der Waals surface area contributed by atoms with Crippen molar-refractivity contribution >= 4 is 5.96 Å². The van der Waals surface area contributed by atoms with Crippen LogP contribution in [-0.2, 0) is 14.2 Å². The zero-order valence-electron chi connectivity index (χ0n) is 19.3. The van der Waals surface area contributed by atoms with E-state index in [1.165, 1.54) is 11.1 Å². The predicted molar refractivity (Wildman–Crippen MR) is 125 cm³/mol. The Hall–Kier alpha value is -1.67. The summed E-state index contributed by atoms with van der Waals surface area (Å²) < 4.78 is 16.9. The molecule has 0 bridgehead atoms. The molecule has 2 fully saturated rings. The Labute approximate surface area is 187 Å². The van der Waals surface area contributed by atoms with Crippen LogP contribution >= 0.6 is 0 Å². The molecule has 7 heteroatoms. The van der Waals surface area contributed by atoms with Gasteiger partial charge in [0.1, 0.15) is 0 Å². The molecule has 2 aliphatic rings.